The lowest BCUT2D eigenvalue weighted by molar-refractivity contribution is 0.127. The van der Waals surface area contributed by atoms with Crippen molar-refractivity contribution in [3.63, 3.8) is 0 Å². The molecule has 1 atom stereocenters. The van der Waals surface area contributed by atoms with Gasteiger partial charge in [-0.25, -0.2) is 9.97 Å². The van der Waals surface area contributed by atoms with Crippen molar-refractivity contribution in [3.05, 3.63) is 29.8 Å². The van der Waals surface area contributed by atoms with Crippen LogP contribution in [0.3, 0.4) is 0 Å². The first kappa shape index (κ1) is 15.1. The highest BCUT2D eigenvalue weighted by molar-refractivity contribution is 5.53. The maximum atomic E-state index is 5.19. The zero-order valence-corrected chi connectivity index (χ0v) is 13.2. The predicted molar refractivity (Wildman–Crippen MR) is 84.6 cm³/mol. The third-order valence-corrected chi connectivity index (χ3v) is 4.17. The molecule has 118 valence electrons. The number of hydrogen-bond donors (Lipinski definition) is 1. The normalized spacial score (nSPS) is 19.5. The van der Waals surface area contributed by atoms with E-state index >= 15 is 0 Å². The van der Waals surface area contributed by atoms with E-state index in [1.54, 1.807) is 13.3 Å². The molecular weight excluding hydrogens is 278 g/mol. The van der Waals surface area contributed by atoms with Crippen LogP contribution < -0.4 is 0 Å². The van der Waals surface area contributed by atoms with Gasteiger partial charge < -0.3 is 9.64 Å². The minimum Gasteiger partial charge on any atom is -0.383 e. The van der Waals surface area contributed by atoms with Crippen LogP contribution in [0.5, 0.6) is 0 Å². The molecule has 1 aliphatic rings. The third-order valence-electron chi connectivity index (χ3n) is 4.17. The second-order valence-corrected chi connectivity index (χ2v) is 5.83. The first-order valence-corrected chi connectivity index (χ1v) is 7.83. The Balaban J connectivity index is 1.79. The number of aromatic nitrogens is 4. The van der Waals surface area contributed by atoms with Crippen LogP contribution in [0.1, 0.15) is 30.3 Å². The third kappa shape index (κ3) is 3.51. The number of aryl methyl sites for hydroxylation is 1. The van der Waals surface area contributed by atoms with Gasteiger partial charge >= 0.3 is 0 Å². The summed E-state index contributed by atoms with van der Waals surface area (Å²) in [5.74, 6) is 1.28. The summed E-state index contributed by atoms with van der Waals surface area (Å²) >= 11 is 0. The molecule has 2 aromatic rings. The second-order valence-electron chi connectivity index (χ2n) is 5.83. The summed E-state index contributed by atoms with van der Waals surface area (Å²) in [6.07, 6.45) is 4.14. The number of likely N-dealkylation sites (tertiary alicyclic amines) is 1. The first-order chi connectivity index (χ1) is 10.8. The SMILES string of the molecule is COCCN1CCC[C@@H](c2cc(-c3ccn[nH]3)nc(C)n2)C1. The van der Waals surface area contributed by atoms with Crippen LogP contribution in [0, 0.1) is 6.92 Å². The van der Waals surface area contributed by atoms with Gasteiger partial charge in [-0.2, -0.15) is 5.10 Å². The Labute approximate surface area is 130 Å². The Morgan fingerprint density at radius 2 is 2.32 bits per heavy atom. The van der Waals surface area contributed by atoms with E-state index in [1.165, 1.54) is 12.8 Å². The Hall–Kier alpha value is -1.79. The van der Waals surface area contributed by atoms with Gasteiger partial charge in [-0.1, -0.05) is 0 Å². The van der Waals surface area contributed by atoms with Crippen molar-refractivity contribution in [2.24, 2.45) is 0 Å². The molecule has 1 fully saturated rings. The molecule has 0 bridgehead atoms. The lowest BCUT2D eigenvalue weighted by atomic mass is 9.94. The molecule has 0 spiro atoms. The molecule has 0 saturated carbocycles. The zero-order valence-electron chi connectivity index (χ0n) is 13.2. The number of aromatic amines is 1. The highest BCUT2D eigenvalue weighted by atomic mass is 16.5. The lowest BCUT2D eigenvalue weighted by Crippen LogP contribution is -2.36. The number of rotatable bonds is 5. The number of nitrogens with one attached hydrogen (secondary N) is 1. The summed E-state index contributed by atoms with van der Waals surface area (Å²) in [5.41, 5.74) is 3.01. The summed E-state index contributed by atoms with van der Waals surface area (Å²) in [4.78, 5) is 11.7. The molecule has 22 heavy (non-hydrogen) atoms. The van der Waals surface area contributed by atoms with Crippen molar-refractivity contribution < 1.29 is 4.74 Å². The van der Waals surface area contributed by atoms with Crippen LogP contribution >= 0.6 is 0 Å². The van der Waals surface area contributed by atoms with Gasteiger partial charge in [0.25, 0.3) is 0 Å². The van der Waals surface area contributed by atoms with Crippen LogP contribution in [0.2, 0.25) is 0 Å². The number of nitrogens with zero attached hydrogens (tertiary/aromatic N) is 4. The van der Waals surface area contributed by atoms with E-state index in [0.717, 1.165) is 49.1 Å². The fourth-order valence-corrected chi connectivity index (χ4v) is 3.06. The van der Waals surface area contributed by atoms with Crippen LogP contribution in [0.25, 0.3) is 11.4 Å². The maximum Gasteiger partial charge on any atom is 0.126 e. The van der Waals surface area contributed by atoms with E-state index < -0.39 is 0 Å². The minimum atomic E-state index is 0.467. The molecule has 6 nitrogen and oxygen atoms in total. The van der Waals surface area contributed by atoms with Crippen molar-refractivity contribution in [1.82, 2.24) is 25.1 Å². The summed E-state index contributed by atoms with van der Waals surface area (Å²) in [6, 6.07) is 4.04. The standard InChI is InChI=1S/C16H23N5O/c1-12-18-15(10-16(19-12)14-5-6-17-20-14)13-4-3-7-21(11-13)8-9-22-2/h5-6,10,13H,3-4,7-9,11H2,1-2H3,(H,17,20)/t13-/m1/s1. The van der Waals surface area contributed by atoms with Gasteiger partial charge in [-0.05, 0) is 38.4 Å². The lowest BCUT2D eigenvalue weighted by Gasteiger charge is -2.32. The van der Waals surface area contributed by atoms with E-state index in [2.05, 4.69) is 31.1 Å². The highest BCUT2D eigenvalue weighted by Crippen LogP contribution is 2.27. The van der Waals surface area contributed by atoms with E-state index in [0.29, 0.717) is 5.92 Å². The fraction of sp³-hybridized carbons (Fsp3) is 0.562. The maximum absolute atomic E-state index is 5.19. The van der Waals surface area contributed by atoms with E-state index in [9.17, 15) is 0 Å². The molecule has 1 N–H and O–H groups in total. The van der Waals surface area contributed by atoms with Gasteiger partial charge in [0.2, 0.25) is 0 Å². The zero-order chi connectivity index (χ0) is 15.4. The van der Waals surface area contributed by atoms with Gasteiger partial charge in [-0.3, -0.25) is 5.10 Å². The van der Waals surface area contributed by atoms with Crippen molar-refractivity contribution in [2.75, 3.05) is 33.4 Å². The van der Waals surface area contributed by atoms with Crippen LogP contribution in [-0.2, 0) is 4.74 Å². The van der Waals surface area contributed by atoms with Crippen molar-refractivity contribution in [2.45, 2.75) is 25.7 Å². The Morgan fingerprint density at radius 1 is 1.41 bits per heavy atom. The number of piperidine rings is 1. The van der Waals surface area contributed by atoms with E-state index in [-0.39, 0.29) is 0 Å². The van der Waals surface area contributed by atoms with E-state index in [1.807, 2.05) is 13.0 Å². The largest absolute Gasteiger partial charge is 0.383 e. The van der Waals surface area contributed by atoms with Crippen molar-refractivity contribution >= 4 is 0 Å². The molecule has 2 aromatic heterocycles. The molecule has 0 radical (unpaired) electrons. The Morgan fingerprint density at radius 3 is 3.09 bits per heavy atom. The molecule has 1 aliphatic heterocycles. The molecule has 3 rings (SSSR count). The number of methoxy groups -OCH3 is 1. The van der Waals surface area contributed by atoms with Crippen LogP contribution in [0.4, 0.5) is 0 Å². The molecule has 3 heterocycles. The summed E-state index contributed by atoms with van der Waals surface area (Å²) < 4.78 is 5.19. The smallest absolute Gasteiger partial charge is 0.126 e. The summed E-state index contributed by atoms with van der Waals surface area (Å²) in [7, 11) is 1.76. The quantitative estimate of drug-likeness (QED) is 0.915. The number of H-pyrrole nitrogens is 1. The van der Waals surface area contributed by atoms with Gasteiger partial charge in [0.05, 0.1) is 18.0 Å². The molecule has 0 unspecified atom stereocenters. The van der Waals surface area contributed by atoms with Gasteiger partial charge in [-0.15, -0.1) is 0 Å². The van der Waals surface area contributed by atoms with Crippen molar-refractivity contribution in [1.29, 1.82) is 0 Å². The van der Waals surface area contributed by atoms with Gasteiger partial charge in [0, 0.05) is 38.0 Å². The molecule has 6 heteroatoms. The topological polar surface area (TPSA) is 66.9 Å². The Bertz CT molecular complexity index is 599. The summed E-state index contributed by atoms with van der Waals surface area (Å²) in [5, 5.41) is 6.99. The number of hydrogen-bond acceptors (Lipinski definition) is 5. The molecule has 0 aromatic carbocycles. The minimum absolute atomic E-state index is 0.467. The van der Waals surface area contributed by atoms with Crippen LogP contribution in [-0.4, -0.2) is 58.4 Å². The Kier molecular flexibility index (Phi) is 4.80. The van der Waals surface area contributed by atoms with Gasteiger partial charge in [0.15, 0.2) is 0 Å². The average molecular weight is 301 g/mol. The average Bonchev–Trinajstić information content (AvgIpc) is 3.07. The van der Waals surface area contributed by atoms with Crippen molar-refractivity contribution in [3.8, 4) is 11.4 Å². The fourth-order valence-electron chi connectivity index (χ4n) is 3.06. The van der Waals surface area contributed by atoms with Gasteiger partial charge in [0.1, 0.15) is 5.82 Å². The first-order valence-electron chi connectivity index (χ1n) is 7.83. The number of ether oxygens (including phenoxy) is 1. The molecule has 0 aliphatic carbocycles. The second kappa shape index (κ2) is 6.98. The summed E-state index contributed by atoms with van der Waals surface area (Å²) in [6.45, 7) is 5.92. The molecular formula is C16H23N5O. The molecule has 0 amide bonds. The van der Waals surface area contributed by atoms with E-state index in [4.69, 9.17) is 4.74 Å². The highest BCUT2D eigenvalue weighted by Gasteiger charge is 2.23. The van der Waals surface area contributed by atoms with Crippen LogP contribution in [0.15, 0.2) is 18.3 Å². The monoisotopic (exact) mass is 301 g/mol. The molecule has 1 saturated heterocycles. The predicted octanol–water partition coefficient (Wildman–Crippen LogP) is 2.00.